The van der Waals surface area contributed by atoms with Crippen LogP contribution < -0.4 is 16.0 Å². The number of carbonyl (C=O) groups is 2. The van der Waals surface area contributed by atoms with Gasteiger partial charge in [-0.2, -0.15) is 5.10 Å². The van der Waals surface area contributed by atoms with Gasteiger partial charge in [-0.1, -0.05) is 6.07 Å². The molecule has 140 valence electrons. The Morgan fingerprint density at radius 3 is 2.73 bits per heavy atom. The summed E-state index contributed by atoms with van der Waals surface area (Å²) in [7, 11) is 0. The van der Waals surface area contributed by atoms with E-state index in [-0.39, 0.29) is 29.8 Å². The van der Waals surface area contributed by atoms with Crippen molar-refractivity contribution in [2.75, 3.05) is 19.6 Å². The molecule has 0 spiro atoms. The highest BCUT2D eigenvalue weighted by atomic mass is 35.5. The Labute approximate surface area is 156 Å². The van der Waals surface area contributed by atoms with Crippen molar-refractivity contribution in [3.63, 3.8) is 0 Å². The maximum absolute atomic E-state index is 13.1. The summed E-state index contributed by atoms with van der Waals surface area (Å²) >= 11 is 0. The van der Waals surface area contributed by atoms with E-state index in [0.29, 0.717) is 31.7 Å². The molecule has 0 aliphatic carbocycles. The summed E-state index contributed by atoms with van der Waals surface area (Å²) in [5.41, 5.74) is 2.63. The lowest BCUT2D eigenvalue weighted by Crippen LogP contribution is -2.31. The van der Waals surface area contributed by atoms with Crippen molar-refractivity contribution in [1.82, 2.24) is 26.1 Å². The molecule has 4 N–H and O–H groups in total. The van der Waals surface area contributed by atoms with Crippen LogP contribution in [0.4, 0.5) is 4.39 Å². The molecular formula is C17H21ClFN5O2. The van der Waals surface area contributed by atoms with Gasteiger partial charge in [0.15, 0.2) is 5.69 Å². The van der Waals surface area contributed by atoms with Crippen molar-refractivity contribution in [3.8, 4) is 0 Å². The molecule has 0 unspecified atom stereocenters. The first-order valence-corrected chi connectivity index (χ1v) is 8.24. The van der Waals surface area contributed by atoms with E-state index in [1.54, 1.807) is 6.07 Å². The zero-order chi connectivity index (χ0) is 17.6. The molecule has 0 saturated carbocycles. The third-order valence-electron chi connectivity index (χ3n) is 4.03. The summed E-state index contributed by atoms with van der Waals surface area (Å²) in [6.07, 6.45) is 1.40. The van der Waals surface area contributed by atoms with Crippen molar-refractivity contribution in [1.29, 1.82) is 0 Å². The minimum absolute atomic E-state index is 0. The lowest BCUT2D eigenvalue weighted by molar-refractivity contribution is 0.0946. The van der Waals surface area contributed by atoms with E-state index in [2.05, 4.69) is 26.1 Å². The van der Waals surface area contributed by atoms with Gasteiger partial charge in [0.05, 0.1) is 0 Å². The molecule has 3 rings (SSSR count). The van der Waals surface area contributed by atoms with Crippen LogP contribution in [0, 0.1) is 5.82 Å². The predicted octanol–water partition coefficient (Wildman–Crippen LogP) is 1.17. The Morgan fingerprint density at radius 2 is 1.96 bits per heavy atom. The average Bonchev–Trinajstić information content (AvgIpc) is 3.05. The molecule has 2 aromatic rings. The number of H-pyrrole nitrogens is 1. The molecule has 1 aromatic carbocycles. The Balaban J connectivity index is 0.00000243. The predicted molar refractivity (Wildman–Crippen MR) is 96.9 cm³/mol. The largest absolute Gasteiger partial charge is 0.352 e. The second-order valence-corrected chi connectivity index (χ2v) is 5.83. The van der Waals surface area contributed by atoms with Gasteiger partial charge in [0.2, 0.25) is 0 Å². The van der Waals surface area contributed by atoms with Crippen molar-refractivity contribution in [2.45, 2.75) is 19.4 Å². The van der Waals surface area contributed by atoms with Crippen LogP contribution in [0.5, 0.6) is 0 Å². The number of amides is 2. The lowest BCUT2D eigenvalue weighted by atomic mass is 10.1. The van der Waals surface area contributed by atoms with Crippen molar-refractivity contribution in [3.05, 3.63) is 52.6 Å². The van der Waals surface area contributed by atoms with E-state index >= 15 is 0 Å². The van der Waals surface area contributed by atoms with Crippen LogP contribution in [-0.2, 0) is 13.0 Å². The Hall–Kier alpha value is -2.45. The summed E-state index contributed by atoms with van der Waals surface area (Å²) in [5, 5.41) is 15.7. The first-order valence-electron chi connectivity index (χ1n) is 8.24. The van der Waals surface area contributed by atoms with Crippen LogP contribution >= 0.6 is 12.4 Å². The van der Waals surface area contributed by atoms with Gasteiger partial charge in [-0.05, 0) is 24.6 Å². The van der Waals surface area contributed by atoms with E-state index in [9.17, 15) is 14.0 Å². The van der Waals surface area contributed by atoms with Gasteiger partial charge in [-0.15, -0.1) is 12.4 Å². The molecule has 1 aliphatic heterocycles. The number of carbonyl (C=O) groups excluding carboxylic acids is 2. The fraction of sp³-hybridized carbons (Fsp3) is 0.353. The molecule has 0 atom stereocenters. The second-order valence-electron chi connectivity index (χ2n) is 5.83. The standard InChI is InChI=1S/C17H20FN5O2.ClH/c18-12-4-1-3-11(9-12)16(24)20-6-2-7-21-17(25)15-13-10-19-8-5-14(13)22-23-15;/h1,3-4,9,19H,2,5-8,10H2,(H,20,24)(H,21,25)(H,22,23);1H. The number of hydrogen-bond donors (Lipinski definition) is 4. The van der Waals surface area contributed by atoms with Gasteiger partial charge in [0.25, 0.3) is 11.8 Å². The summed E-state index contributed by atoms with van der Waals surface area (Å²) in [5.74, 6) is -1.01. The van der Waals surface area contributed by atoms with E-state index in [1.165, 1.54) is 18.2 Å². The van der Waals surface area contributed by atoms with Crippen LogP contribution in [0.1, 0.15) is 38.5 Å². The molecule has 26 heavy (non-hydrogen) atoms. The van der Waals surface area contributed by atoms with Crippen molar-refractivity contribution < 1.29 is 14.0 Å². The number of nitrogens with zero attached hydrogens (tertiary/aromatic N) is 1. The zero-order valence-electron chi connectivity index (χ0n) is 14.1. The Bertz CT molecular complexity index is 780. The molecule has 2 amide bonds. The SMILES string of the molecule is Cl.O=C(NCCCNC(=O)c1n[nH]c2c1CNCC2)c1cccc(F)c1. The van der Waals surface area contributed by atoms with E-state index in [1.807, 2.05) is 0 Å². The molecule has 0 fully saturated rings. The van der Waals surface area contributed by atoms with Crippen molar-refractivity contribution >= 4 is 24.2 Å². The molecule has 0 saturated heterocycles. The highest BCUT2D eigenvalue weighted by Gasteiger charge is 2.21. The molecule has 7 nitrogen and oxygen atoms in total. The molecule has 9 heteroatoms. The second kappa shape index (κ2) is 9.30. The number of aromatic amines is 1. The number of benzene rings is 1. The van der Waals surface area contributed by atoms with Crippen LogP contribution in [0.2, 0.25) is 0 Å². The van der Waals surface area contributed by atoms with E-state index < -0.39 is 5.82 Å². The number of nitrogens with one attached hydrogen (secondary N) is 4. The van der Waals surface area contributed by atoms with E-state index in [0.717, 1.165) is 24.2 Å². The molecule has 2 heterocycles. The monoisotopic (exact) mass is 381 g/mol. The summed E-state index contributed by atoms with van der Waals surface area (Å²) < 4.78 is 13.1. The van der Waals surface area contributed by atoms with Gasteiger partial charge in [0.1, 0.15) is 5.82 Å². The normalized spacial score (nSPS) is 12.7. The number of hydrogen-bond acceptors (Lipinski definition) is 4. The molecule has 0 radical (unpaired) electrons. The minimum Gasteiger partial charge on any atom is -0.352 e. The maximum Gasteiger partial charge on any atom is 0.272 e. The first-order chi connectivity index (χ1) is 12.1. The summed E-state index contributed by atoms with van der Waals surface area (Å²) in [6, 6.07) is 5.51. The van der Waals surface area contributed by atoms with Gasteiger partial charge < -0.3 is 16.0 Å². The van der Waals surface area contributed by atoms with E-state index in [4.69, 9.17) is 0 Å². The third kappa shape index (κ3) is 4.80. The highest BCUT2D eigenvalue weighted by Crippen LogP contribution is 2.14. The first kappa shape index (κ1) is 19.9. The number of fused-ring (bicyclic) bond motifs is 1. The maximum atomic E-state index is 13.1. The topological polar surface area (TPSA) is 98.9 Å². The Morgan fingerprint density at radius 1 is 1.19 bits per heavy atom. The smallest absolute Gasteiger partial charge is 0.272 e. The fourth-order valence-corrected chi connectivity index (χ4v) is 2.72. The minimum atomic E-state index is -0.447. The lowest BCUT2D eigenvalue weighted by Gasteiger charge is -2.12. The zero-order valence-corrected chi connectivity index (χ0v) is 14.9. The summed E-state index contributed by atoms with van der Waals surface area (Å²) in [4.78, 5) is 24.0. The quantitative estimate of drug-likeness (QED) is 0.564. The number of rotatable bonds is 6. The fourth-order valence-electron chi connectivity index (χ4n) is 2.72. The molecule has 1 aliphatic rings. The van der Waals surface area contributed by atoms with Crippen LogP contribution in [-0.4, -0.2) is 41.6 Å². The van der Waals surface area contributed by atoms with Gasteiger partial charge in [-0.3, -0.25) is 14.7 Å². The van der Waals surface area contributed by atoms with Gasteiger partial charge in [0, 0.05) is 49.4 Å². The highest BCUT2D eigenvalue weighted by molar-refractivity contribution is 5.94. The molecule has 1 aromatic heterocycles. The van der Waals surface area contributed by atoms with Gasteiger partial charge >= 0.3 is 0 Å². The number of aromatic nitrogens is 2. The third-order valence-corrected chi connectivity index (χ3v) is 4.03. The Kier molecular flexibility index (Phi) is 7.11. The number of halogens is 2. The average molecular weight is 382 g/mol. The van der Waals surface area contributed by atoms with Gasteiger partial charge in [-0.25, -0.2) is 4.39 Å². The summed E-state index contributed by atoms with van der Waals surface area (Å²) in [6.45, 7) is 2.31. The van der Waals surface area contributed by atoms with Crippen LogP contribution in [0.15, 0.2) is 24.3 Å². The molecular weight excluding hydrogens is 361 g/mol. The van der Waals surface area contributed by atoms with Crippen molar-refractivity contribution in [2.24, 2.45) is 0 Å². The molecule has 0 bridgehead atoms. The van der Waals surface area contributed by atoms with Crippen LogP contribution in [0.25, 0.3) is 0 Å². The van der Waals surface area contributed by atoms with Crippen LogP contribution in [0.3, 0.4) is 0 Å².